The molecule has 0 spiro atoms. The van der Waals surface area contributed by atoms with E-state index in [9.17, 15) is 0 Å². The minimum Gasteiger partial charge on any atom is -0.458 e. The molecule has 0 amide bonds. The van der Waals surface area contributed by atoms with Gasteiger partial charge in [0, 0.05) is 12.3 Å². The first-order valence-electron chi connectivity index (χ1n) is 8.29. The normalized spacial score (nSPS) is 23.9. The van der Waals surface area contributed by atoms with E-state index in [-0.39, 0.29) is 0 Å². The molecule has 3 aliphatic carbocycles. The van der Waals surface area contributed by atoms with Crippen LogP contribution in [0, 0.1) is 0 Å². The molecule has 1 heterocycles. The molecule has 1 aromatic carbocycles. The van der Waals surface area contributed by atoms with Crippen molar-refractivity contribution in [1.29, 1.82) is 0 Å². The van der Waals surface area contributed by atoms with Gasteiger partial charge in [0.1, 0.15) is 5.76 Å². The van der Waals surface area contributed by atoms with Crippen LogP contribution in [-0.2, 0) is 9.47 Å². The predicted octanol–water partition coefficient (Wildman–Crippen LogP) is 5.71. The van der Waals surface area contributed by atoms with Gasteiger partial charge in [-0.05, 0) is 62.7 Å². The number of fused-ring (bicyclic) bond motifs is 2. The van der Waals surface area contributed by atoms with Crippen molar-refractivity contribution in [2.24, 2.45) is 0 Å². The molecule has 120 valence electrons. The zero-order valence-corrected chi connectivity index (χ0v) is 15.0. The molecule has 0 N–H and O–H groups in total. The topological polar surface area (TPSA) is 18.5 Å². The number of ether oxygens (including phenoxy) is 2. The van der Waals surface area contributed by atoms with Gasteiger partial charge in [-0.2, -0.15) is 0 Å². The zero-order valence-electron chi connectivity index (χ0n) is 13.4. The number of hydrogen-bond donors (Lipinski definition) is 0. The van der Waals surface area contributed by atoms with Gasteiger partial charge in [-0.25, -0.2) is 0 Å². The first-order valence-corrected chi connectivity index (χ1v) is 9.09. The van der Waals surface area contributed by atoms with Crippen LogP contribution in [0.25, 0.3) is 6.08 Å². The number of rotatable bonds is 2. The lowest BCUT2D eigenvalue weighted by Crippen LogP contribution is -2.04. The highest BCUT2D eigenvalue weighted by atomic mass is 79.9. The second-order valence-corrected chi connectivity index (χ2v) is 7.44. The summed E-state index contributed by atoms with van der Waals surface area (Å²) in [5.74, 6) is 2.30. The summed E-state index contributed by atoms with van der Waals surface area (Å²) in [4.78, 5) is 0. The van der Waals surface area contributed by atoms with Gasteiger partial charge in [0.15, 0.2) is 5.76 Å². The summed E-state index contributed by atoms with van der Waals surface area (Å²) in [6, 6.07) is 8.70. The van der Waals surface area contributed by atoms with E-state index in [0.29, 0.717) is 12.7 Å². The van der Waals surface area contributed by atoms with Gasteiger partial charge in [-0.15, -0.1) is 0 Å². The molecule has 0 fully saturated rings. The average Bonchev–Trinajstić information content (AvgIpc) is 3.28. The molecular formula is C21H17BrO2. The molecule has 0 aromatic heterocycles. The third kappa shape index (κ3) is 2.01. The molecule has 2 nitrogen and oxygen atoms in total. The highest BCUT2D eigenvalue weighted by molar-refractivity contribution is 9.12. The second kappa shape index (κ2) is 5.25. The summed E-state index contributed by atoms with van der Waals surface area (Å²) >= 11 is 3.72. The van der Waals surface area contributed by atoms with E-state index in [2.05, 4.69) is 65.3 Å². The first kappa shape index (κ1) is 14.4. The van der Waals surface area contributed by atoms with Gasteiger partial charge in [0.25, 0.3) is 0 Å². The van der Waals surface area contributed by atoms with Crippen LogP contribution in [0.3, 0.4) is 0 Å². The van der Waals surface area contributed by atoms with Crippen LogP contribution >= 0.6 is 15.9 Å². The van der Waals surface area contributed by atoms with E-state index in [1.807, 2.05) is 0 Å². The summed E-state index contributed by atoms with van der Waals surface area (Å²) in [7, 11) is 0. The van der Waals surface area contributed by atoms with Crippen LogP contribution in [0.1, 0.15) is 36.8 Å². The van der Waals surface area contributed by atoms with Gasteiger partial charge in [-0.1, -0.05) is 42.5 Å². The maximum Gasteiger partial charge on any atom is 0.230 e. The smallest absolute Gasteiger partial charge is 0.230 e. The monoisotopic (exact) mass is 380 g/mol. The Balaban J connectivity index is 1.53. The molecule has 0 saturated heterocycles. The van der Waals surface area contributed by atoms with E-state index in [1.165, 1.54) is 33.4 Å². The second-order valence-electron chi connectivity index (χ2n) is 6.65. The largest absolute Gasteiger partial charge is 0.458 e. The lowest BCUT2D eigenvalue weighted by atomic mass is 9.88. The third-order valence-electron chi connectivity index (χ3n) is 5.32. The Morgan fingerprint density at radius 1 is 1.21 bits per heavy atom. The summed E-state index contributed by atoms with van der Waals surface area (Å²) in [5, 5.41) is 0. The van der Waals surface area contributed by atoms with Crippen molar-refractivity contribution in [3.05, 3.63) is 85.8 Å². The Bertz CT molecular complexity index is 912. The van der Waals surface area contributed by atoms with Crippen LogP contribution in [0.2, 0.25) is 0 Å². The van der Waals surface area contributed by atoms with Crippen LogP contribution in [0.4, 0.5) is 0 Å². The Hall–Kier alpha value is -2.00. The van der Waals surface area contributed by atoms with E-state index < -0.39 is 0 Å². The molecule has 1 atom stereocenters. The van der Waals surface area contributed by atoms with Crippen molar-refractivity contribution < 1.29 is 9.47 Å². The summed E-state index contributed by atoms with van der Waals surface area (Å²) in [6.07, 6.45) is 8.75. The summed E-state index contributed by atoms with van der Waals surface area (Å²) in [6.45, 7) is 2.54. The Morgan fingerprint density at radius 2 is 2.08 bits per heavy atom. The number of hydrogen-bond acceptors (Lipinski definition) is 2. The number of halogens is 1. The highest BCUT2D eigenvalue weighted by Crippen LogP contribution is 2.49. The predicted molar refractivity (Wildman–Crippen MR) is 98.2 cm³/mol. The molecule has 0 radical (unpaired) electrons. The minimum absolute atomic E-state index is 0.330. The Morgan fingerprint density at radius 3 is 3.00 bits per heavy atom. The zero-order chi connectivity index (χ0) is 16.3. The molecule has 1 aliphatic heterocycles. The van der Waals surface area contributed by atoms with E-state index >= 15 is 0 Å². The first-order chi connectivity index (χ1) is 11.7. The van der Waals surface area contributed by atoms with Gasteiger partial charge in [0.05, 0.1) is 4.48 Å². The van der Waals surface area contributed by atoms with Crippen LogP contribution < -0.4 is 0 Å². The van der Waals surface area contributed by atoms with Gasteiger partial charge < -0.3 is 9.47 Å². The summed E-state index contributed by atoms with van der Waals surface area (Å²) in [5.41, 5.74) is 8.26. The fraction of sp³-hybridized carbons (Fsp3) is 0.238. The fourth-order valence-corrected chi connectivity index (χ4v) is 4.79. The molecule has 3 heteroatoms. The van der Waals surface area contributed by atoms with Crippen molar-refractivity contribution in [3.8, 4) is 0 Å². The maximum atomic E-state index is 5.67. The van der Waals surface area contributed by atoms with Crippen molar-refractivity contribution in [1.82, 2.24) is 0 Å². The minimum atomic E-state index is 0.330. The van der Waals surface area contributed by atoms with Gasteiger partial charge in [0.2, 0.25) is 6.79 Å². The Labute approximate surface area is 150 Å². The van der Waals surface area contributed by atoms with Crippen molar-refractivity contribution in [3.63, 3.8) is 0 Å². The van der Waals surface area contributed by atoms with Crippen molar-refractivity contribution in [2.75, 3.05) is 6.79 Å². The van der Waals surface area contributed by atoms with Crippen LogP contribution in [0.15, 0.2) is 74.7 Å². The van der Waals surface area contributed by atoms with Gasteiger partial charge in [-0.3, -0.25) is 0 Å². The lowest BCUT2D eigenvalue weighted by Gasteiger charge is -2.19. The van der Waals surface area contributed by atoms with Crippen LogP contribution in [-0.4, -0.2) is 6.79 Å². The SMILES string of the molecule is CC1=CC2=C(Br)C3=C(CC2=C1CC1C=Cc2ccccc21)OCO3. The number of benzene rings is 1. The number of allylic oxidation sites excluding steroid dienone is 7. The summed E-state index contributed by atoms with van der Waals surface area (Å²) < 4.78 is 12.3. The van der Waals surface area contributed by atoms with E-state index in [0.717, 1.165) is 28.8 Å². The van der Waals surface area contributed by atoms with E-state index in [1.54, 1.807) is 0 Å². The molecular weight excluding hydrogens is 364 g/mol. The van der Waals surface area contributed by atoms with Crippen molar-refractivity contribution in [2.45, 2.75) is 25.7 Å². The van der Waals surface area contributed by atoms with Crippen LogP contribution in [0.5, 0.6) is 0 Å². The third-order valence-corrected chi connectivity index (χ3v) is 6.10. The molecule has 4 aliphatic rings. The van der Waals surface area contributed by atoms with Gasteiger partial charge >= 0.3 is 0 Å². The molecule has 1 aromatic rings. The van der Waals surface area contributed by atoms with Crippen molar-refractivity contribution >= 4 is 22.0 Å². The molecule has 24 heavy (non-hydrogen) atoms. The fourth-order valence-electron chi connectivity index (χ4n) is 4.10. The lowest BCUT2D eigenvalue weighted by molar-refractivity contribution is 0.0734. The maximum absolute atomic E-state index is 5.67. The molecule has 0 bridgehead atoms. The average molecular weight is 381 g/mol. The Kier molecular flexibility index (Phi) is 3.14. The molecule has 1 unspecified atom stereocenters. The van der Waals surface area contributed by atoms with E-state index in [4.69, 9.17) is 9.47 Å². The highest BCUT2D eigenvalue weighted by Gasteiger charge is 2.34. The molecule has 0 saturated carbocycles. The molecule has 5 rings (SSSR count). The standard InChI is InChI=1S/C21H17BrO2/c1-12-8-18-17(10-19-21(20(18)22)24-11-23-19)16(12)9-14-7-6-13-4-2-3-5-15(13)14/h2-8,14H,9-11H2,1H3. The quantitative estimate of drug-likeness (QED) is 0.653.